The van der Waals surface area contributed by atoms with E-state index < -0.39 is 6.10 Å². The monoisotopic (exact) mass is 312 g/mol. The van der Waals surface area contributed by atoms with Crippen LogP contribution >= 0.6 is 0 Å². The van der Waals surface area contributed by atoms with E-state index in [4.69, 9.17) is 4.74 Å². The van der Waals surface area contributed by atoms with Crippen molar-refractivity contribution in [3.63, 3.8) is 0 Å². The number of hydrogen-bond donors (Lipinski definition) is 0. The molecule has 0 bridgehead atoms. The quantitative estimate of drug-likeness (QED) is 0.616. The van der Waals surface area contributed by atoms with Crippen LogP contribution in [0.3, 0.4) is 0 Å². The predicted octanol–water partition coefficient (Wildman–Crippen LogP) is 5.09. The first-order valence-corrected chi connectivity index (χ1v) is 7.95. The maximum atomic E-state index is 13.1. The van der Waals surface area contributed by atoms with E-state index in [1.54, 1.807) is 0 Å². The summed E-state index contributed by atoms with van der Waals surface area (Å²) >= 11 is 0. The van der Waals surface area contributed by atoms with Gasteiger partial charge in [0.25, 0.3) is 0 Å². The van der Waals surface area contributed by atoms with E-state index in [2.05, 4.69) is 0 Å². The highest BCUT2D eigenvalue weighted by Gasteiger charge is 2.32. The van der Waals surface area contributed by atoms with Gasteiger partial charge in [0.05, 0.1) is 5.56 Å². The minimum Gasteiger partial charge on any atom is -0.480 e. The highest BCUT2D eigenvalue weighted by Crippen LogP contribution is 2.39. The van der Waals surface area contributed by atoms with Gasteiger partial charge in [0.15, 0.2) is 11.9 Å². The summed E-state index contributed by atoms with van der Waals surface area (Å²) in [7, 11) is 0. The topological polar surface area (TPSA) is 26.3 Å². The molecule has 0 aromatic heterocycles. The lowest BCUT2D eigenvalue weighted by Gasteiger charge is -2.28. The predicted molar refractivity (Wildman–Crippen MR) is 95.0 cm³/mol. The number of carbonyl (C=O) groups is 1. The molecule has 2 nitrogen and oxygen atoms in total. The van der Waals surface area contributed by atoms with Crippen molar-refractivity contribution in [2.75, 3.05) is 0 Å². The summed E-state index contributed by atoms with van der Waals surface area (Å²) in [6.07, 6.45) is 1.53. The zero-order chi connectivity index (χ0) is 16.4. The Hall–Kier alpha value is -3.13. The van der Waals surface area contributed by atoms with Gasteiger partial charge in [0.2, 0.25) is 0 Å². The van der Waals surface area contributed by atoms with E-state index in [1.165, 1.54) is 0 Å². The Morgan fingerprint density at radius 1 is 0.750 bits per heavy atom. The Morgan fingerprint density at radius 3 is 2.12 bits per heavy atom. The van der Waals surface area contributed by atoms with Crippen molar-refractivity contribution in [2.24, 2.45) is 0 Å². The normalized spacial score (nSPS) is 18.1. The van der Waals surface area contributed by atoms with Crippen LogP contribution in [0.25, 0.3) is 6.08 Å². The van der Waals surface area contributed by atoms with Gasteiger partial charge >= 0.3 is 0 Å². The van der Waals surface area contributed by atoms with E-state index in [-0.39, 0.29) is 5.78 Å². The first-order chi connectivity index (χ1) is 11.8. The lowest BCUT2D eigenvalue weighted by molar-refractivity contribution is 0.0963. The molecule has 0 N–H and O–H groups in total. The maximum Gasteiger partial charge on any atom is 0.196 e. The summed E-state index contributed by atoms with van der Waals surface area (Å²) in [6, 6.07) is 27.2. The van der Waals surface area contributed by atoms with Crippen molar-refractivity contribution in [2.45, 2.75) is 6.10 Å². The number of fused-ring (bicyclic) bond motifs is 1. The van der Waals surface area contributed by atoms with Crippen LogP contribution in [-0.4, -0.2) is 5.78 Å². The summed E-state index contributed by atoms with van der Waals surface area (Å²) in [5, 5.41) is 0. The Bertz CT molecular complexity index is 896. The first-order valence-electron chi connectivity index (χ1n) is 7.95. The smallest absolute Gasteiger partial charge is 0.196 e. The summed E-state index contributed by atoms with van der Waals surface area (Å²) in [4.78, 5) is 13.1. The summed E-state index contributed by atoms with van der Waals surface area (Å²) in [5.41, 5.74) is 3.24. The minimum atomic E-state index is -0.395. The lowest BCUT2D eigenvalue weighted by atomic mass is 9.89. The van der Waals surface area contributed by atoms with Crippen LogP contribution < -0.4 is 4.74 Å². The fraction of sp³-hybridized carbons (Fsp3) is 0.0455. The van der Waals surface area contributed by atoms with Crippen LogP contribution in [0.5, 0.6) is 5.75 Å². The number of ether oxygens (including phenoxy) is 1. The second-order valence-corrected chi connectivity index (χ2v) is 5.74. The third-order valence-electron chi connectivity index (χ3n) is 4.15. The van der Waals surface area contributed by atoms with E-state index >= 15 is 0 Å². The maximum absolute atomic E-state index is 13.1. The second kappa shape index (κ2) is 6.17. The van der Waals surface area contributed by atoms with Gasteiger partial charge in [-0.05, 0) is 29.3 Å². The average Bonchev–Trinajstić information content (AvgIpc) is 2.65. The van der Waals surface area contributed by atoms with Crippen molar-refractivity contribution in [1.29, 1.82) is 0 Å². The largest absolute Gasteiger partial charge is 0.480 e. The SMILES string of the molecule is O=C1/C(=C\c2ccccc2)[C@@H](c2ccccc2)Oc2ccccc21. The lowest BCUT2D eigenvalue weighted by Crippen LogP contribution is -2.23. The molecule has 0 amide bonds. The van der Waals surface area contributed by atoms with Crippen LogP contribution in [0.2, 0.25) is 0 Å². The van der Waals surface area contributed by atoms with E-state index in [0.29, 0.717) is 16.9 Å². The molecule has 3 aromatic rings. The van der Waals surface area contributed by atoms with Crippen LogP contribution in [0, 0.1) is 0 Å². The third kappa shape index (κ3) is 2.63. The molecule has 4 rings (SSSR count). The molecule has 0 saturated carbocycles. The Labute approximate surface area is 141 Å². The fourth-order valence-corrected chi connectivity index (χ4v) is 2.97. The second-order valence-electron chi connectivity index (χ2n) is 5.74. The van der Waals surface area contributed by atoms with E-state index in [0.717, 1.165) is 11.1 Å². The Morgan fingerprint density at radius 2 is 1.38 bits per heavy atom. The van der Waals surface area contributed by atoms with Crippen molar-refractivity contribution in [3.8, 4) is 5.75 Å². The fourth-order valence-electron chi connectivity index (χ4n) is 2.97. The number of hydrogen-bond acceptors (Lipinski definition) is 2. The van der Waals surface area contributed by atoms with Gasteiger partial charge in [0, 0.05) is 5.57 Å². The molecule has 0 unspecified atom stereocenters. The van der Waals surface area contributed by atoms with Gasteiger partial charge in [-0.2, -0.15) is 0 Å². The molecule has 0 saturated heterocycles. The number of Topliss-reactive ketones (excluding diaryl/α,β-unsaturated/α-hetero) is 1. The third-order valence-corrected chi connectivity index (χ3v) is 4.15. The van der Waals surface area contributed by atoms with Gasteiger partial charge in [-0.15, -0.1) is 0 Å². The molecule has 1 heterocycles. The highest BCUT2D eigenvalue weighted by molar-refractivity contribution is 6.14. The molecule has 0 aliphatic carbocycles. The van der Waals surface area contributed by atoms with Gasteiger partial charge in [-0.3, -0.25) is 4.79 Å². The zero-order valence-electron chi connectivity index (χ0n) is 13.1. The van der Waals surface area contributed by atoms with Crippen molar-refractivity contribution in [3.05, 3.63) is 107 Å². The number of ketones is 1. The van der Waals surface area contributed by atoms with E-state index in [9.17, 15) is 4.79 Å². The summed E-state index contributed by atoms with van der Waals surface area (Å²) < 4.78 is 6.18. The Balaban J connectivity index is 1.87. The average molecular weight is 312 g/mol. The van der Waals surface area contributed by atoms with Crippen molar-refractivity contribution in [1.82, 2.24) is 0 Å². The molecule has 1 atom stereocenters. The van der Waals surface area contributed by atoms with Gasteiger partial charge < -0.3 is 4.74 Å². The van der Waals surface area contributed by atoms with Crippen LogP contribution in [0.1, 0.15) is 27.6 Å². The molecule has 1 aliphatic rings. The molecule has 24 heavy (non-hydrogen) atoms. The minimum absolute atomic E-state index is 0.0227. The zero-order valence-corrected chi connectivity index (χ0v) is 13.1. The highest BCUT2D eigenvalue weighted by atomic mass is 16.5. The number of carbonyl (C=O) groups excluding carboxylic acids is 1. The van der Waals surface area contributed by atoms with Gasteiger partial charge in [0.1, 0.15) is 5.75 Å². The van der Waals surface area contributed by atoms with Crippen molar-refractivity contribution < 1.29 is 9.53 Å². The molecule has 1 aliphatic heterocycles. The first kappa shape index (κ1) is 14.5. The summed E-state index contributed by atoms with van der Waals surface area (Å²) in [6.45, 7) is 0. The molecular formula is C22H16O2. The molecule has 0 fully saturated rings. The molecule has 0 radical (unpaired) electrons. The van der Waals surface area contributed by atoms with Crippen LogP contribution in [0.15, 0.2) is 90.5 Å². The molecule has 0 spiro atoms. The number of benzene rings is 3. The van der Waals surface area contributed by atoms with Gasteiger partial charge in [-0.1, -0.05) is 72.8 Å². The van der Waals surface area contributed by atoms with Crippen LogP contribution in [-0.2, 0) is 0 Å². The van der Waals surface area contributed by atoms with Crippen molar-refractivity contribution >= 4 is 11.9 Å². The Kier molecular flexibility index (Phi) is 3.72. The molecule has 2 heteroatoms. The standard InChI is InChI=1S/C22H16O2/c23-21-18-13-7-8-14-20(18)24-22(17-11-5-2-6-12-17)19(21)15-16-9-3-1-4-10-16/h1-15,22H/b19-15+/t22-/m1/s1. The molecule has 116 valence electrons. The summed E-state index contributed by atoms with van der Waals surface area (Å²) in [5.74, 6) is 0.663. The number of para-hydroxylation sites is 1. The van der Waals surface area contributed by atoms with Crippen LogP contribution in [0.4, 0.5) is 0 Å². The molecular weight excluding hydrogens is 296 g/mol. The molecule has 3 aromatic carbocycles. The van der Waals surface area contributed by atoms with E-state index in [1.807, 2.05) is 91.0 Å². The number of rotatable bonds is 2. The van der Waals surface area contributed by atoms with Gasteiger partial charge in [-0.25, -0.2) is 0 Å².